The first-order valence-corrected chi connectivity index (χ1v) is 9.40. The SMILES string of the molecule is COc1cc(OC)c(C2SCCN2C(=O)c2cccc(C#N)c2)cc1OC. The van der Waals surface area contributed by atoms with Gasteiger partial charge >= 0.3 is 0 Å². The van der Waals surface area contributed by atoms with Gasteiger partial charge in [-0.1, -0.05) is 6.07 Å². The lowest BCUT2D eigenvalue weighted by Crippen LogP contribution is -2.30. The molecule has 0 saturated carbocycles. The summed E-state index contributed by atoms with van der Waals surface area (Å²) < 4.78 is 16.3. The molecule has 1 amide bonds. The van der Waals surface area contributed by atoms with Crippen molar-refractivity contribution >= 4 is 17.7 Å². The summed E-state index contributed by atoms with van der Waals surface area (Å²) in [6.07, 6.45) is 0. The summed E-state index contributed by atoms with van der Waals surface area (Å²) >= 11 is 1.66. The van der Waals surface area contributed by atoms with Crippen molar-refractivity contribution < 1.29 is 19.0 Å². The zero-order valence-electron chi connectivity index (χ0n) is 15.4. The van der Waals surface area contributed by atoms with Crippen LogP contribution in [0.3, 0.4) is 0 Å². The summed E-state index contributed by atoms with van der Waals surface area (Å²) in [6, 6.07) is 12.5. The molecule has 27 heavy (non-hydrogen) atoms. The van der Waals surface area contributed by atoms with Crippen LogP contribution in [0.5, 0.6) is 17.2 Å². The van der Waals surface area contributed by atoms with Gasteiger partial charge in [0.15, 0.2) is 11.5 Å². The molecule has 3 rings (SSSR count). The molecule has 140 valence electrons. The molecule has 6 nitrogen and oxygen atoms in total. The second kappa shape index (κ2) is 8.23. The topological polar surface area (TPSA) is 71.8 Å². The van der Waals surface area contributed by atoms with Crippen molar-refractivity contribution in [2.24, 2.45) is 0 Å². The van der Waals surface area contributed by atoms with Crippen molar-refractivity contribution in [2.45, 2.75) is 5.37 Å². The minimum atomic E-state index is -0.210. The van der Waals surface area contributed by atoms with Crippen LogP contribution >= 0.6 is 11.8 Å². The fourth-order valence-electron chi connectivity index (χ4n) is 3.07. The molecule has 0 aromatic heterocycles. The van der Waals surface area contributed by atoms with E-state index in [1.54, 1.807) is 68.3 Å². The van der Waals surface area contributed by atoms with E-state index >= 15 is 0 Å². The highest BCUT2D eigenvalue weighted by Gasteiger charge is 2.34. The van der Waals surface area contributed by atoms with E-state index in [4.69, 9.17) is 19.5 Å². The zero-order valence-corrected chi connectivity index (χ0v) is 16.2. The molecule has 0 spiro atoms. The van der Waals surface area contributed by atoms with E-state index in [1.807, 2.05) is 6.07 Å². The smallest absolute Gasteiger partial charge is 0.255 e. The van der Waals surface area contributed by atoms with Crippen molar-refractivity contribution in [1.82, 2.24) is 4.90 Å². The maximum absolute atomic E-state index is 13.1. The van der Waals surface area contributed by atoms with E-state index in [0.717, 1.165) is 11.3 Å². The van der Waals surface area contributed by atoms with E-state index in [0.29, 0.717) is 34.9 Å². The van der Waals surface area contributed by atoms with Gasteiger partial charge in [0.05, 0.1) is 33.0 Å². The van der Waals surface area contributed by atoms with E-state index in [-0.39, 0.29) is 11.3 Å². The number of nitriles is 1. The maximum atomic E-state index is 13.1. The van der Waals surface area contributed by atoms with Gasteiger partial charge in [-0.25, -0.2) is 0 Å². The molecule has 2 aromatic carbocycles. The van der Waals surface area contributed by atoms with Crippen LogP contribution in [0.25, 0.3) is 0 Å². The summed E-state index contributed by atoms with van der Waals surface area (Å²) in [7, 11) is 4.73. The molecule has 1 fully saturated rings. The van der Waals surface area contributed by atoms with Crippen LogP contribution in [0.4, 0.5) is 0 Å². The van der Waals surface area contributed by atoms with Crippen LogP contribution in [0.2, 0.25) is 0 Å². The van der Waals surface area contributed by atoms with Gasteiger partial charge in [0.1, 0.15) is 11.1 Å². The number of hydrogen-bond donors (Lipinski definition) is 0. The van der Waals surface area contributed by atoms with Gasteiger partial charge in [0.2, 0.25) is 0 Å². The Kier molecular flexibility index (Phi) is 5.77. The van der Waals surface area contributed by atoms with E-state index in [2.05, 4.69) is 6.07 Å². The van der Waals surface area contributed by atoms with Crippen LogP contribution in [-0.4, -0.2) is 44.4 Å². The molecule has 1 aliphatic rings. The molecule has 7 heteroatoms. The molecule has 1 saturated heterocycles. The molecule has 0 bridgehead atoms. The molecule has 2 aromatic rings. The normalized spacial score (nSPS) is 15.9. The molecule has 0 N–H and O–H groups in total. The third kappa shape index (κ3) is 3.67. The average molecular weight is 384 g/mol. The summed E-state index contributed by atoms with van der Waals surface area (Å²) in [4.78, 5) is 14.9. The van der Waals surface area contributed by atoms with Crippen molar-refractivity contribution in [1.29, 1.82) is 5.26 Å². The Morgan fingerprint density at radius 1 is 1.11 bits per heavy atom. The standard InChI is InChI=1S/C20H20N2O4S/c1-24-16-11-18(26-3)17(25-2)10-15(16)20-22(7-8-27-20)19(23)14-6-4-5-13(9-14)12-21/h4-6,9-11,20H,7-8H2,1-3H3. The highest BCUT2D eigenvalue weighted by atomic mass is 32.2. The number of methoxy groups -OCH3 is 3. The van der Waals surface area contributed by atoms with E-state index in [9.17, 15) is 4.79 Å². The molecule has 0 aliphatic carbocycles. The summed E-state index contributed by atoms with van der Waals surface area (Å²) in [5.74, 6) is 2.49. The Bertz CT molecular complexity index is 894. The summed E-state index contributed by atoms with van der Waals surface area (Å²) in [6.45, 7) is 0.614. The Hall–Kier alpha value is -2.85. The van der Waals surface area contributed by atoms with Crippen LogP contribution in [0.1, 0.15) is 26.9 Å². The second-order valence-corrected chi connectivity index (χ2v) is 7.05. The Morgan fingerprint density at radius 3 is 2.48 bits per heavy atom. The van der Waals surface area contributed by atoms with Crippen LogP contribution in [0, 0.1) is 11.3 Å². The molecular weight excluding hydrogens is 364 g/mol. The maximum Gasteiger partial charge on any atom is 0.255 e. The largest absolute Gasteiger partial charge is 0.496 e. The van der Waals surface area contributed by atoms with E-state index in [1.165, 1.54) is 0 Å². The third-order valence-corrected chi connectivity index (χ3v) is 5.63. The number of amides is 1. The molecule has 1 atom stereocenters. The number of benzene rings is 2. The molecule has 1 aliphatic heterocycles. The van der Waals surface area contributed by atoms with Crippen molar-refractivity contribution in [3.8, 4) is 23.3 Å². The first-order valence-electron chi connectivity index (χ1n) is 8.35. The fourth-order valence-corrected chi connectivity index (χ4v) is 4.34. The predicted molar refractivity (Wildman–Crippen MR) is 103 cm³/mol. The summed E-state index contributed by atoms with van der Waals surface area (Å²) in [5, 5.41) is 8.88. The minimum Gasteiger partial charge on any atom is -0.496 e. The van der Waals surface area contributed by atoms with Crippen LogP contribution in [-0.2, 0) is 0 Å². The van der Waals surface area contributed by atoms with Gasteiger partial charge in [-0.2, -0.15) is 5.26 Å². The zero-order chi connectivity index (χ0) is 19.4. The third-order valence-electron chi connectivity index (χ3n) is 4.39. The quantitative estimate of drug-likeness (QED) is 0.786. The number of ether oxygens (including phenoxy) is 3. The molecule has 1 unspecified atom stereocenters. The Morgan fingerprint density at radius 2 is 1.81 bits per heavy atom. The fraction of sp³-hybridized carbons (Fsp3) is 0.300. The van der Waals surface area contributed by atoms with Crippen molar-refractivity contribution in [3.63, 3.8) is 0 Å². The van der Waals surface area contributed by atoms with Crippen LogP contribution in [0.15, 0.2) is 36.4 Å². The highest BCUT2D eigenvalue weighted by molar-refractivity contribution is 7.99. The van der Waals surface area contributed by atoms with Gasteiger partial charge in [-0.15, -0.1) is 11.8 Å². The first-order chi connectivity index (χ1) is 13.1. The lowest BCUT2D eigenvalue weighted by molar-refractivity contribution is 0.0759. The van der Waals surface area contributed by atoms with Gasteiger partial charge in [0, 0.05) is 29.5 Å². The summed E-state index contributed by atoms with van der Waals surface area (Å²) in [5.41, 5.74) is 1.82. The monoisotopic (exact) mass is 384 g/mol. The molecule has 1 heterocycles. The predicted octanol–water partition coefficient (Wildman–Crippen LogP) is 3.47. The van der Waals surface area contributed by atoms with Gasteiger partial charge < -0.3 is 19.1 Å². The van der Waals surface area contributed by atoms with E-state index < -0.39 is 0 Å². The van der Waals surface area contributed by atoms with Crippen molar-refractivity contribution in [2.75, 3.05) is 33.6 Å². The Labute approximate surface area is 162 Å². The van der Waals surface area contributed by atoms with Crippen molar-refractivity contribution in [3.05, 3.63) is 53.1 Å². The lowest BCUT2D eigenvalue weighted by atomic mass is 10.1. The highest BCUT2D eigenvalue weighted by Crippen LogP contribution is 2.46. The molecule has 0 radical (unpaired) electrons. The number of hydrogen-bond acceptors (Lipinski definition) is 6. The van der Waals surface area contributed by atoms with Gasteiger partial charge in [-0.3, -0.25) is 4.79 Å². The Balaban J connectivity index is 1.99. The number of carbonyl (C=O) groups excluding carboxylic acids is 1. The number of thioether (sulfide) groups is 1. The lowest BCUT2D eigenvalue weighted by Gasteiger charge is -2.26. The number of nitrogens with zero attached hydrogens (tertiary/aromatic N) is 2. The minimum absolute atomic E-state index is 0.112. The molecular formula is C20H20N2O4S. The van der Waals surface area contributed by atoms with Crippen LogP contribution < -0.4 is 14.2 Å². The first kappa shape index (κ1) is 18.9. The number of carbonyl (C=O) groups is 1. The number of rotatable bonds is 5. The van der Waals surface area contributed by atoms with Gasteiger partial charge in [-0.05, 0) is 24.3 Å². The second-order valence-electron chi connectivity index (χ2n) is 5.86. The van der Waals surface area contributed by atoms with Gasteiger partial charge in [0.25, 0.3) is 5.91 Å². The average Bonchev–Trinajstić information content (AvgIpc) is 3.21.